The van der Waals surface area contributed by atoms with E-state index in [4.69, 9.17) is 11.6 Å². The quantitative estimate of drug-likeness (QED) is 0.580. The summed E-state index contributed by atoms with van der Waals surface area (Å²) < 4.78 is 0. The van der Waals surface area contributed by atoms with Crippen molar-refractivity contribution in [1.29, 1.82) is 0 Å². The predicted octanol–water partition coefficient (Wildman–Crippen LogP) is 5.49. The molecule has 0 N–H and O–H groups in total. The van der Waals surface area contributed by atoms with E-state index in [1.165, 1.54) is 12.2 Å². The number of Topliss-reactive ketones (excluding diaryl/α,β-unsaturated/α-hetero) is 2. The largest absolute Gasteiger partial charge is 0.294 e. The van der Waals surface area contributed by atoms with Crippen molar-refractivity contribution in [1.82, 2.24) is 0 Å². The van der Waals surface area contributed by atoms with E-state index in [0.29, 0.717) is 21.7 Å². The molecule has 0 fully saturated rings. The number of benzene rings is 2. The SMILES string of the molecule is CC1=CC(=O)C2=CC(c3ccccc3)[C@]3(/C=C/c4ccc(Cl)cc4)C(=O)C=C(C)C(=O)[C@@H]3[C@@H]2C1=O. The number of fused-ring (bicyclic) bond motifs is 3. The van der Waals surface area contributed by atoms with Gasteiger partial charge in [0.05, 0.1) is 17.3 Å². The van der Waals surface area contributed by atoms with Crippen LogP contribution in [0.5, 0.6) is 0 Å². The molecule has 0 aliphatic heterocycles. The predicted molar refractivity (Wildman–Crippen MR) is 135 cm³/mol. The van der Waals surface area contributed by atoms with Gasteiger partial charge in [0, 0.05) is 16.5 Å². The number of carbonyl (C=O) groups is 4. The molecule has 0 saturated heterocycles. The van der Waals surface area contributed by atoms with Gasteiger partial charge in [0.1, 0.15) is 0 Å². The first-order valence-electron chi connectivity index (χ1n) is 11.5. The lowest BCUT2D eigenvalue weighted by molar-refractivity contribution is -0.141. The lowest BCUT2D eigenvalue weighted by Gasteiger charge is -2.50. The van der Waals surface area contributed by atoms with Gasteiger partial charge in [-0.15, -0.1) is 0 Å². The van der Waals surface area contributed by atoms with Gasteiger partial charge in [-0.3, -0.25) is 19.2 Å². The summed E-state index contributed by atoms with van der Waals surface area (Å²) in [7, 11) is 0. The highest BCUT2D eigenvalue weighted by Crippen LogP contribution is 2.58. The number of halogens is 1. The molecule has 0 radical (unpaired) electrons. The Bertz CT molecular complexity index is 1390. The van der Waals surface area contributed by atoms with E-state index >= 15 is 0 Å². The molecule has 1 unspecified atom stereocenters. The number of hydrogen-bond donors (Lipinski definition) is 0. The van der Waals surface area contributed by atoms with Crippen LogP contribution in [0.25, 0.3) is 6.08 Å². The molecule has 0 bridgehead atoms. The average molecular weight is 483 g/mol. The lowest BCUT2D eigenvalue weighted by Crippen LogP contribution is -2.56. The monoisotopic (exact) mass is 482 g/mol. The summed E-state index contributed by atoms with van der Waals surface area (Å²) in [5.74, 6) is -3.72. The Morgan fingerprint density at radius 1 is 0.829 bits per heavy atom. The highest BCUT2D eigenvalue weighted by atomic mass is 35.5. The van der Waals surface area contributed by atoms with Gasteiger partial charge < -0.3 is 0 Å². The van der Waals surface area contributed by atoms with Gasteiger partial charge in [-0.2, -0.15) is 0 Å². The first-order chi connectivity index (χ1) is 16.7. The van der Waals surface area contributed by atoms with Crippen molar-refractivity contribution in [2.45, 2.75) is 19.8 Å². The highest BCUT2D eigenvalue weighted by molar-refractivity contribution is 6.30. The third-order valence-corrected chi connectivity index (χ3v) is 7.62. The Morgan fingerprint density at radius 3 is 2.17 bits per heavy atom. The van der Waals surface area contributed by atoms with Crippen molar-refractivity contribution in [3.63, 3.8) is 0 Å². The number of hydrogen-bond acceptors (Lipinski definition) is 4. The van der Waals surface area contributed by atoms with Gasteiger partial charge in [-0.25, -0.2) is 0 Å². The molecule has 0 heterocycles. The van der Waals surface area contributed by atoms with E-state index in [0.717, 1.165) is 11.1 Å². The zero-order valence-corrected chi connectivity index (χ0v) is 20.1. The molecule has 5 heteroatoms. The molecule has 4 atom stereocenters. The van der Waals surface area contributed by atoms with Crippen LogP contribution >= 0.6 is 11.6 Å². The van der Waals surface area contributed by atoms with Crippen LogP contribution < -0.4 is 0 Å². The first-order valence-corrected chi connectivity index (χ1v) is 11.9. The molecule has 0 saturated carbocycles. The van der Waals surface area contributed by atoms with Gasteiger partial charge in [0.2, 0.25) is 0 Å². The highest BCUT2D eigenvalue weighted by Gasteiger charge is 2.62. The molecular weight excluding hydrogens is 460 g/mol. The summed E-state index contributed by atoms with van der Waals surface area (Å²) in [4.78, 5) is 54.3. The molecule has 174 valence electrons. The van der Waals surface area contributed by atoms with Crippen LogP contribution in [-0.2, 0) is 19.2 Å². The van der Waals surface area contributed by atoms with Gasteiger partial charge in [0.25, 0.3) is 0 Å². The summed E-state index contributed by atoms with van der Waals surface area (Å²) in [5.41, 5.74) is 1.14. The Balaban J connectivity index is 1.82. The summed E-state index contributed by atoms with van der Waals surface area (Å²) in [6.45, 7) is 3.18. The van der Waals surface area contributed by atoms with Gasteiger partial charge in [0.15, 0.2) is 23.1 Å². The van der Waals surface area contributed by atoms with Crippen molar-refractivity contribution in [3.05, 3.63) is 112 Å². The van der Waals surface area contributed by atoms with Crippen molar-refractivity contribution < 1.29 is 19.2 Å². The molecule has 35 heavy (non-hydrogen) atoms. The van der Waals surface area contributed by atoms with E-state index < -0.39 is 23.2 Å². The average Bonchev–Trinajstić information content (AvgIpc) is 2.85. The second-order valence-electron chi connectivity index (χ2n) is 9.40. The molecule has 0 spiro atoms. The van der Waals surface area contributed by atoms with Crippen molar-refractivity contribution in [3.8, 4) is 0 Å². The number of allylic oxidation sites excluding steroid dienone is 7. The molecule has 3 aliphatic rings. The third kappa shape index (κ3) is 3.60. The molecule has 0 amide bonds. The van der Waals surface area contributed by atoms with Crippen LogP contribution in [0, 0.1) is 17.3 Å². The summed E-state index contributed by atoms with van der Waals surface area (Å²) in [6.07, 6.45) is 8.03. The Hall–Kier alpha value is -3.63. The zero-order valence-electron chi connectivity index (χ0n) is 19.3. The van der Waals surface area contributed by atoms with Crippen LogP contribution in [0.15, 0.2) is 95.6 Å². The van der Waals surface area contributed by atoms with Crippen LogP contribution in [0.2, 0.25) is 5.02 Å². The topological polar surface area (TPSA) is 68.3 Å². The molecule has 0 aromatic heterocycles. The third-order valence-electron chi connectivity index (χ3n) is 7.37. The maximum Gasteiger partial charge on any atom is 0.182 e. The molecule has 3 aliphatic carbocycles. The van der Waals surface area contributed by atoms with Crippen LogP contribution in [0.1, 0.15) is 30.9 Å². The standard InChI is InChI=1S/C30H23ClO4/c1-17-14-24(32)22-16-23(20-6-4-3-5-7-20)30(13-12-19-8-10-21(31)11-9-19)25(33)15-18(2)29(35)27(30)26(22)28(17)34/h3-16,23,26-27H,1-2H3/b13-12+/t23?,26-,27+,30-/m1/s1. The van der Waals surface area contributed by atoms with Crippen LogP contribution in [0.4, 0.5) is 0 Å². The fraction of sp³-hybridized carbons (Fsp3) is 0.200. The fourth-order valence-corrected chi connectivity index (χ4v) is 5.76. The summed E-state index contributed by atoms with van der Waals surface area (Å²) in [6, 6.07) is 16.5. The second-order valence-corrected chi connectivity index (χ2v) is 9.83. The van der Waals surface area contributed by atoms with E-state index in [-0.39, 0.29) is 23.1 Å². The number of carbonyl (C=O) groups excluding carboxylic acids is 4. The summed E-state index contributed by atoms with van der Waals surface area (Å²) >= 11 is 6.04. The van der Waals surface area contributed by atoms with E-state index in [9.17, 15) is 19.2 Å². The van der Waals surface area contributed by atoms with Crippen molar-refractivity contribution >= 4 is 40.8 Å². The second kappa shape index (κ2) is 8.54. The lowest BCUT2D eigenvalue weighted by atomic mass is 9.48. The molecule has 2 aromatic carbocycles. The van der Waals surface area contributed by atoms with E-state index in [1.54, 1.807) is 44.2 Å². The summed E-state index contributed by atoms with van der Waals surface area (Å²) in [5, 5.41) is 0.585. The maximum absolute atomic E-state index is 14.0. The smallest absolute Gasteiger partial charge is 0.182 e. The van der Waals surface area contributed by atoms with Crippen molar-refractivity contribution in [2.24, 2.45) is 17.3 Å². The molecular formula is C30H23ClO4. The molecule has 5 rings (SSSR count). The number of rotatable bonds is 3. The fourth-order valence-electron chi connectivity index (χ4n) is 5.64. The van der Waals surface area contributed by atoms with Gasteiger partial charge in [-0.1, -0.05) is 72.3 Å². The van der Waals surface area contributed by atoms with Crippen LogP contribution in [-0.4, -0.2) is 23.1 Å². The van der Waals surface area contributed by atoms with Crippen LogP contribution in [0.3, 0.4) is 0 Å². The Labute approximate surface area is 208 Å². The van der Waals surface area contributed by atoms with E-state index in [2.05, 4.69) is 0 Å². The maximum atomic E-state index is 14.0. The minimum absolute atomic E-state index is 0.249. The van der Waals surface area contributed by atoms with Crippen molar-refractivity contribution in [2.75, 3.05) is 0 Å². The first kappa shape index (κ1) is 23.1. The molecule has 4 nitrogen and oxygen atoms in total. The minimum Gasteiger partial charge on any atom is -0.294 e. The van der Waals surface area contributed by atoms with E-state index in [1.807, 2.05) is 42.5 Å². The molecule has 2 aromatic rings. The normalized spacial score (nSPS) is 28.3. The minimum atomic E-state index is -1.36. The zero-order chi connectivity index (χ0) is 24.9. The van der Waals surface area contributed by atoms with Gasteiger partial charge >= 0.3 is 0 Å². The Kier molecular flexibility index (Phi) is 5.65. The van der Waals surface area contributed by atoms with Gasteiger partial charge in [-0.05, 0) is 60.4 Å². The Morgan fingerprint density at radius 2 is 1.49 bits per heavy atom. The number of ketones is 4.